The number of rotatable bonds is 8. The van der Waals surface area contributed by atoms with Gasteiger partial charge < -0.3 is 0 Å². The molecule has 0 unspecified atom stereocenters. The highest BCUT2D eigenvalue weighted by Gasteiger charge is 2.16. The van der Waals surface area contributed by atoms with Crippen LogP contribution in [0.25, 0.3) is 0 Å². The van der Waals surface area contributed by atoms with E-state index in [1.165, 1.54) is 41.8 Å². The van der Waals surface area contributed by atoms with E-state index < -0.39 is 20.0 Å². The standard InChI is InChI=1S/C13H17N3O4S3/c1-2-3-10-22(17,18)15-11-4-6-12(7-5-11)23(19,20)16-13-14-8-9-21-13/h4-9,15H,2-3,10H2,1H3,(H,14,16). The Morgan fingerprint density at radius 1 is 1.09 bits per heavy atom. The number of benzene rings is 1. The topological polar surface area (TPSA) is 105 Å². The molecule has 0 bridgehead atoms. The fourth-order valence-electron chi connectivity index (χ4n) is 1.71. The molecule has 1 heterocycles. The van der Waals surface area contributed by atoms with Crippen LogP contribution in [0.2, 0.25) is 0 Å². The van der Waals surface area contributed by atoms with Gasteiger partial charge in [0.15, 0.2) is 5.13 Å². The van der Waals surface area contributed by atoms with Crippen molar-refractivity contribution in [1.82, 2.24) is 4.98 Å². The van der Waals surface area contributed by atoms with E-state index in [9.17, 15) is 16.8 Å². The Morgan fingerprint density at radius 3 is 2.35 bits per heavy atom. The van der Waals surface area contributed by atoms with Crippen molar-refractivity contribution in [2.24, 2.45) is 0 Å². The summed E-state index contributed by atoms with van der Waals surface area (Å²) in [7, 11) is -7.15. The summed E-state index contributed by atoms with van der Waals surface area (Å²) in [6, 6.07) is 5.51. The molecule has 23 heavy (non-hydrogen) atoms. The molecule has 0 saturated heterocycles. The molecule has 1 aromatic heterocycles. The van der Waals surface area contributed by atoms with Crippen LogP contribution in [0.1, 0.15) is 19.8 Å². The average Bonchev–Trinajstić information content (AvgIpc) is 2.97. The zero-order valence-corrected chi connectivity index (χ0v) is 14.8. The normalized spacial score (nSPS) is 12.0. The van der Waals surface area contributed by atoms with Gasteiger partial charge in [0.25, 0.3) is 10.0 Å². The highest BCUT2D eigenvalue weighted by Crippen LogP contribution is 2.20. The van der Waals surface area contributed by atoms with Crippen molar-refractivity contribution in [2.75, 3.05) is 15.2 Å². The van der Waals surface area contributed by atoms with Gasteiger partial charge in [-0.05, 0) is 30.7 Å². The molecule has 1 aromatic carbocycles. The van der Waals surface area contributed by atoms with Gasteiger partial charge in [-0.1, -0.05) is 13.3 Å². The third-order valence-electron chi connectivity index (χ3n) is 2.86. The van der Waals surface area contributed by atoms with E-state index in [1.807, 2.05) is 6.92 Å². The minimum absolute atomic E-state index is 0.0317. The summed E-state index contributed by atoms with van der Waals surface area (Å²) in [5, 5.41) is 1.93. The van der Waals surface area contributed by atoms with E-state index in [0.29, 0.717) is 12.1 Å². The molecule has 2 N–H and O–H groups in total. The van der Waals surface area contributed by atoms with Gasteiger partial charge in [-0.3, -0.25) is 9.44 Å². The molecule has 0 aliphatic rings. The quantitative estimate of drug-likeness (QED) is 0.737. The molecule has 0 amide bonds. The molecule has 0 fully saturated rings. The van der Waals surface area contributed by atoms with Crippen molar-refractivity contribution in [3.63, 3.8) is 0 Å². The lowest BCUT2D eigenvalue weighted by molar-refractivity contribution is 0.597. The van der Waals surface area contributed by atoms with Gasteiger partial charge in [0.1, 0.15) is 0 Å². The molecule has 0 spiro atoms. The summed E-state index contributed by atoms with van der Waals surface area (Å²) >= 11 is 1.17. The average molecular weight is 375 g/mol. The van der Waals surface area contributed by atoms with E-state index in [2.05, 4.69) is 14.4 Å². The minimum Gasteiger partial charge on any atom is -0.284 e. The lowest BCUT2D eigenvalue weighted by Gasteiger charge is -2.09. The largest absolute Gasteiger partial charge is 0.284 e. The fraction of sp³-hybridized carbons (Fsp3) is 0.308. The smallest absolute Gasteiger partial charge is 0.263 e. The van der Waals surface area contributed by atoms with Crippen LogP contribution in [0.15, 0.2) is 40.7 Å². The van der Waals surface area contributed by atoms with Gasteiger partial charge >= 0.3 is 0 Å². The van der Waals surface area contributed by atoms with E-state index in [-0.39, 0.29) is 15.8 Å². The molecular formula is C13H17N3O4S3. The highest BCUT2D eigenvalue weighted by atomic mass is 32.2. The Balaban J connectivity index is 2.10. The second kappa shape index (κ2) is 7.28. The van der Waals surface area contributed by atoms with E-state index in [0.717, 1.165) is 6.42 Å². The summed E-state index contributed by atoms with van der Waals surface area (Å²) in [6.45, 7) is 1.91. The minimum atomic E-state index is -3.74. The molecule has 2 rings (SSSR count). The maximum Gasteiger partial charge on any atom is 0.263 e. The number of anilines is 2. The summed E-state index contributed by atoms with van der Waals surface area (Å²) in [6.07, 6.45) is 2.84. The SMILES string of the molecule is CCCCS(=O)(=O)Nc1ccc(S(=O)(=O)Nc2nccs2)cc1. The molecule has 2 aromatic rings. The number of sulfonamides is 2. The zero-order valence-electron chi connectivity index (χ0n) is 12.4. The van der Waals surface area contributed by atoms with Crippen molar-refractivity contribution < 1.29 is 16.8 Å². The van der Waals surface area contributed by atoms with Crippen LogP contribution in [0, 0.1) is 0 Å². The molecule has 7 nitrogen and oxygen atoms in total. The van der Waals surface area contributed by atoms with Crippen LogP contribution in [0.4, 0.5) is 10.8 Å². The van der Waals surface area contributed by atoms with Crippen LogP contribution in [-0.2, 0) is 20.0 Å². The van der Waals surface area contributed by atoms with Gasteiger partial charge in [0, 0.05) is 17.3 Å². The maximum absolute atomic E-state index is 12.2. The molecular weight excluding hydrogens is 358 g/mol. The van der Waals surface area contributed by atoms with Crippen LogP contribution >= 0.6 is 11.3 Å². The number of aromatic nitrogens is 1. The zero-order chi connectivity index (χ0) is 16.9. The number of hydrogen-bond donors (Lipinski definition) is 2. The Morgan fingerprint density at radius 2 is 1.78 bits per heavy atom. The van der Waals surface area contributed by atoms with Gasteiger partial charge in [-0.2, -0.15) is 0 Å². The first-order valence-corrected chi connectivity index (χ1v) is 10.9. The van der Waals surface area contributed by atoms with Crippen LogP contribution < -0.4 is 9.44 Å². The van der Waals surface area contributed by atoms with Crippen LogP contribution in [0.3, 0.4) is 0 Å². The van der Waals surface area contributed by atoms with Crippen molar-refractivity contribution in [3.05, 3.63) is 35.8 Å². The van der Waals surface area contributed by atoms with E-state index in [4.69, 9.17) is 0 Å². The van der Waals surface area contributed by atoms with E-state index >= 15 is 0 Å². The predicted molar refractivity (Wildman–Crippen MR) is 91.7 cm³/mol. The molecule has 10 heteroatoms. The first-order valence-electron chi connectivity index (χ1n) is 6.85. The molecule has 0 atom stereocenters. The highest BCUT2D eigenvalue weighted by molar-refractivity contribution is 7.93. The second-order valence-corrected chi connectivity index (χ2v) is 9.16. The Bertz CT molecular complexity index is 829. The van der Waals surface area contributed by atoms with E-state index in [1.54, 1.807) is 5.38 Å². The lowest BCUT2D eigenvalue weighted by atomic mass is 10.3. The number of thiazole rings is 1. The number of hydrogen-bond acceptors (Lipinski definition) is 6. The molecule has 0 aliphatic carbocycles. The molecule has 126 valence electrons. The number of nitrogens with one attached hydrogen (secondary N) is 2. The maximum atomic E-state index is 12.2. The first-order chi connectivity index (χ1) is 10.8. The Kier molecular flexibility index (Phi) is 5.60. The molecule has 0 aliphatic heterocycles. The monoisotopic (exact) mass is 375 g/mol. The van der Waals surface area contributed by atoms with Crippen molar-refractivity contribution >= 4 is 42.2 Å². The molecule has 0 saturated carbocycles. The van der Waals surface area contributed by atoms with Crippen LogP contribution in [0.5, 0.6) is 0 Å². The summed E-state index contributed by atoms with van der Waals surface area (Å²) in [5.74, 6) is 0.0369. The number of unbranched alkanes of at least 4 members (excludes halogenated alkanes) is 1. The fourth-order valence-corrected chi connectivity index (χ4v) is 4.77. The van der Waals surface area contributed by atoms with Gasteiger partial charge in [0.2, 0.25) is 10.0 Å². The van der Waals surface area contributed by atoms with Crippen molar-refractivity contribution in [2.45, 2.75) is 24.7 Å². The van der Waals surface area contributed by atoms with Crippen LogP contribution in [-0.4, -0.2) is 27.6 Å². The predicted octanol–water partition coefficient (Wildman–Crippen LogP) is 2.49. The first kappa shape index (κ1) is 17.7. The Hall–Kier alpha value is -1.65. The van der Waals surface area contributed by atoms with Gasteiger partial charge in [-0.15, -0.1) is 11.3 Å². The summed E-state index contributed by atoms with van der Waals surface area (Å²) in [5.41, 5.74) is 0.328. The summed E-state index contributed by atoms with van der Waals surface area (Å²) < 4.78 is 52.7. The lowest BCUT2D eigenvalue weighted by Crippen LogP contribution is -2.17. The number of nitrogens with zero attached hydrogens (tertiary/aromatic N) is 1. The molecule has 0 radical (unpaired) electrons. The van der Waals surface area contributed by atoms with Gasteiger partial charge in [-0.25, -0.2) is 21.8 Å². The third-order valence-corrected chi connectivity index (χ3v) is 6.40. The Labute approximate surface area is 139 Å². The van der Waals surface area contributed by atoms with Crippen molar-refractivity contribution in [3.8, 4) is 0 Å². The third kappa shape index (κ3) is 5.19. The van der Waals surface area contributed by atoms with Crippen molar-refractivity contribution in [1.29, 1.82) is 0 Å². The summed E-state index contributed by atoms with van der Waals surface area (Å²) in [4.78, 5) is 3.89. The van der Waals surface area contributed by atoms with Gasteiger partial charge in [0.05, 0.1) is 10.6 Å². The second-order valence-electron chi connectivity index (χ2n) is 4.74.